The number of aliphatic hydroxyl groups is 2. The second-order valence-corrected chi connectivity index (χ2v) is 3.41. The molecule has 3 nitrogen and oxygen atoms in total. The number of rotatable bonds is 4. The second-order valence-electron chi connectivity index (χ2n) is 3.41. The van der Waals surface area contributed by atoms with Gasteiger partial charge in [-0.2, -0.15) is 0 Å². The summed E-state index contributed by atoms with van der Waals surface area (Å²) in [7, 11) is 0. The van der Waals surface area contributed by atoms with Gasteiger partial charge in [-0.1, -0.05) is 27.7 Å². The summed E-state index contributed by atoms with van der Waals surface area (Å²) in [6.45, 7) is 6.19. The van der Waals surface area contributed by atoms with Gasteiger partial charge < -0.3 is 14.9 Å². The van der Waals surface area contributed by atoms with Crippen LogP contribution in [0.25, 0.3) is 0 Å². The molecule has 3 heteroatoms. The summed E-state index contributed by atoms with van der Waals surface area (Å²) in [5, 5.41) is 17.2. The molecule has 0 heterocycles. The minimum absolute atomic E-state index is 0.175. The molecule has 0 aromatic carbocycles. The van der Waals surface area contributed by atoms with Gasteiger partial charge in [-0.15, -0.1) is 0 Å². The smallest absolute Gasteiger partial charge is 0.310 e. The predicted molar refractivity (Wildman–Crippen MR) is 47.1 cm³/mol. The lowest BCUT2D eigenvalue weighted by Crippen LogP contribution is -2.13. The van der Waals surface area contributed by atoms with E-state index in [9.17, 15) is 0 Å². The van der Waals surface area contributed by atoms with E-state index in [0.717, 1.165) is 0 Å². The molecule has 0 aliphatic carbocycles. The molecule has 0 aromatic heterocycles. The molecular weight excluding hydrogens is 156 g/mol. The fraction of sp³-hybridized carbons (Fsp3) is 0.778. The highest BCUT2D eigenvalue weighted by atomic mass is 16.7. The molecule has 0 amide bonds. The summed E-state index contributed by atoms with van der Waals surface area (Å²) in [5.41, 5.74) is 0. The summed E-state index contributed by atoms with van der Waals surface area (Å²) in [5.74, 6) is 1.15. The van der Waals surface area contributed by atoms with Crippen LogP contribution in [-0.4, -0.2) is 16.7 Å². The van der Waals surface area contributed by atoms with E-state index in [1.54, 1.807) is 0 Å². The molecule has 0 saturated heterocycles. The third-order valence-corrected chi connectivity index (χ3v) is 1.31. The summed E-state index contributed by atoms with van der Waals surface area (Å²) in [6, 6.07) is 0. The maximum atomic E-state index is 8.58. The van der Waals surface area contributed by atoms with Crippen molar-refractivity contribution in [3.8, 4) is 0 Å². The van der Waals surface area contributed by atoms with Crippen LogP contribution in [0.4, 0.5) is 0 Å². The molecule has 0 radical (unpaired) electrons. The Bertz CT molecular complexity index is 148. The van der Waals surface area contributed by atoms with Gasteiger partial charge in [0.15, 0.2) is 0 Å². The van der Waals surface area contributed by atoms with E-state index in [1.165, 1.54) is 0 Å². The van der Waals surface area contributed by atoms with Gasteiger partial charge in [-0.25, -0.2) is 0 Å². The SMILES string of the molecule is CC(C)C=C(OC(O)O)C(C)C. The molecule has 72 valence electrons. The van der Waals surface area contributed by atoms with Gasteiger partial charge in [0.1, 0.15) is 5.76 Å². The van der Waals surface area contributed by atoms with E-state index in [1.807, 2.05) is 33.8 Å². The van der Waals surface area contributed by atoms with E-state index < -0.39 is 6.48 Å². The van der Waals surface area contributed by atoms with E-state index in [0.29, 0.717) is 11.7 Å². The van der Waals surface area contributed by atoms with Crippen molar-refractivity contribution in [1.82, 2.24) is 0 Å². The van der Waals surface area contributed by atoms with Crippen molar-refractivity contribution in [2.45, 2.75) is 34.2 Å². The average molecular weight is 174 g/mol. The first-order valence-corrected chi connectivity index (χ1v) is 4.18. The first-order valence-electron chi connectivity index (χ1n) is 4.18. The van der Waals surface area contributed by atoms with Crippen LogP contribution in [0.1, 0.15) is 27.7 Å². The van der Waals surface area contributed by atoms with Crippen molar-refractivity contribution in [2.24, 2.45) is 11.8 Å². The molecule has 0 atom stereocenters. The number of hydrogen-bond acceptors (Lipinski definition) is 3. The molecule has 12 heavy (non-hydrogen) atoms. The van der Waals surface area contributed by atoms with Gasteiger partial charge in [0.2, 0.25) is 0 Å². The van der Waals surface area contributed by atoms with Crippen LogP contribution in [0.3, 0.4) is 0 Å². The van der Waals surface area contributed by atoms with Crippen LogP contribution in [-0.2, 0) is 4.74 Å². The van der Waals surface area contributed by atoms with Crippen molar-refractivity contribution in [3.05, 3.63) is 11.8 Å². The van der Waals surface area contributed by atoms with Crippen LogP contribution in [0.15, 0.2) is 11.8 Å². The lowest BCUT2D eigenvalue weighted by atomic mass is 10.1. The van der Waals surface area contributed by atoms with Crippen molar-refractivity contribution in [3.63, 3.8) is 0 Å². The van der Waals surface area contributed by atoms with Crippen LogP contribution < -0.4 is 0 Å². The van der Waals surface area contributed by atoms with Crippen molar-refractivity contribution in [2.75, 3.05) is 0 Å². The second kappa shape index (κ2) is 5.17. The van der Waals surface area contributed by atoms with Crippen molar-refractivity contribution in [1.29, 1.82) is 0 Å². The van der Waals surface area contributed by atoms with Crippen molar-refractivity contribution >= 4 is 0 Å². The monoisotopic (exact) mass is 174 g/mol. The molecule has 0 spiro atoms. The first-order chi connectivity index (χ1) is 5.43. The summed E-state index contributed by atoms with van der Waals surface area (Å²) in [4.78, 5) is 0. The predicted octanol–water partition coefficient (Wildman–Crippen LogP) is 1.47. The van der Waals surface area contributed by atoms with Gasteiger partial charge in [-0.3, -0.25) is 0 Å². The molecular formula is C9H18O3. The number of aliphatic hydroxyl groups excluding tert-OH is 1. The van der Waals surface area contributed by atoms with E-state index in [4.69, 9.17) is 14.9 Å². The number of hydrogen-bond donors (Lipinski definition) is 2. The average Bonchev–Trinajstić information content (AvgIpc) is 1.83. The number of allylic oxidation sites excluding steroid dienone is 2. The largest absolute Gasteiger partial charge is 0.446 e. The van der Waals surface area contributed by atoms with E-state index in [-0.39, 0.29) is 5.92 Å². The Hall–Kier alpha value is -0.540. The quantitative estimate of drug-likeness (QED) is 0.501. The Kier molecular flexibility index (Phi) is 4.93. The molecule has 0 unspecified atom stereocenters. The third kappa shape index (κ3) is 5.16. The molecule has 0 rings (SSSR count). The van der Waals surface area contributed by atoms with E-state index >= 15 is 0 Å². The van der Waals surface area contributed by atoms with Gasteiger partial charge in [-0.05, 0) is 12.0 Å². The summed E-state index contributed by atoms with van der Waals surface area (Å²) < 4.78 is 4.79. The minimum atomic E-state index is -1.71. The van der Waals surface area contributed by atoms with Crippen LogP contribution in [0, 0.1) is 11.8 Å². The normalized spacial score (nSPS) is 13.2. The van der Waals surface area contributed by atoms with Crippen LogP contribution in [0.5, 0.6) is 0 Å². The maximum Gasteiger partial charge on any atom is 0.310 e. The van der Waals surface area contributed by atoms with Gasteiger partial charge in [0.25, 0.3) is 0 Å². The highest BCUT2D eigenvalue weighted by molar-refractivity contribution is 4.97. The highest BCUT2D eigenvalue weighted by Crippen LogP contribution is 2.14. The summed E-state index contributed by atoms with van der Waals surface area (Å²) in [6.07, 6.45) is 1.88. The molecule has 0 saturated carbocycles. The zero-order chi connectivity index (χ0) is 9.72. The maximum absolute atomic E-state index is 8.58. The molecule has 0 aliphatic rings. The third-order valence-electron chi connectivity index (χ3n) is 1.31. The number of ether oxygens (including phenoxy) is 1. The Labute approximate surface area is 73.7 Å². The standard InChI is InChI=1S/C9H18O3/c1-6(2)5-8(7(3)4)12-9(10)11/h5-7,9-11H,1-4H3. The topological polar surface area (TPSA) is 49.7 Å². The minimum Gasteiger partial charge on any atom is -0.446 e. The highest BCUT2D eigenvalue weighted by Gasteiger charge is 2.08. The summed E-state index contributed by atoms with van der Waals surface area (Å²) >= 11 is 0. The molecule has 2 N–H and O–H groups in total. The van der Waals surface area contributed by atoms with Crippen LogP contribution >= 0.6 is 0 Å². The van der Waals surface area contributed by atoms with Gasteiger partial charge >= 0.3 is 6.48 Å². The molecule has 0 bridgehead atoms. The zero-order valence-electron chi connectivity index (χ0n) is 8.11. The Morgan fingerprint density at radius 3 is 1.92 bits per heavy atom. The Morgan fingerprint density at radius 1 is 1.17 bits per heavy atom. The Morgan fingerprint density at radius 2 is 1.67 bits per heavy atom. The van der Waals surface area contributed by atoms with E-state index in [2.05, 4.69) is 0 Å². The fourth-order valence-corrected chi connectivity index (χ4v) is 0.818. The zero-order valence-corrected chi connectivity index (χ0v) is 8.11. The molecule has 0 fully saturated rings. The van der Waals surface area contributed by atoms with Gasteiger partial charge in [0, 0.05) is 5.92 Å². The van der Waals surface area contributed by atoms with Crippen LogP contribution in [0.2, 0.25) is 0 Å². The lowest BCUT2D eigenvalue weighted by Gasteiger charge is -2.15. The first kappa shape index (κ1) is 11.5. The molecule has 0 aliphatic heterocycles. The fourth-order valence-electron chi connectivity index (χ4n) is 0.818. The van der Waals surface area contributed by atoms with Gasteiger partial charge in [0.05, 0.1) is 0 Å². The van der Waals surface area contributed by atoms with Crippen molar-refractivity contribution < 1.29 is 14.9 Å². The molecule has 0 aromatic rings. The lowest BCUT2D eigenvalue weighted by molar-refractivity contribution is -0.216. The Balaban J connectivity index is 4.23.